The first-order chi connectivity index (χ1) is 8.43. The van der Waals surface area contributed by atoms with E-state index in [-0.39, 0.29) is 11.2 Å². The Balaban J connectivity index is 2.60. The lowest BCUT2D eigenvalue weighted by Gasteiger charge is -2.23. The van der Waals surface area contributed by atoms with E-state index in [1.54, 1.807) is 18.3 Å². The van der Waals surface area contributed by atoms with Gasteiger partial charge in [-0.1, -0.05) is 13.8 Å². The van der Waals surface area contributed by atoms with Crippen molar-refractivity contribution in [2.45, 2.75) is 27.2 Å². The molecule has 2 aromatic rings. The molecule has 0 spiro atoms. The van der Waals surface area contributed by atoms with Gasteiger partial charge in [0.15, 0.2) is 0 Å². The van der Waals surface area contributed by atoms with Crippen LogP contribution in [0.5, 0.6) is 0 Å². The first-order valence-electron chi connectivity index (χ1n) is 6.17. The predicted octanol–water partition coefficient (Wildman–Crippen LogP) is 3.21. The van der Waals surface area contributed by atoms with Crippen LogP contribution in [0.2, 0.25) is 0 Å². The van der Waals surface area contributed by atoms with Gasteiger partial charge in [-0.25, -0.2) is 4.39 Å². The van der Waals surface area contributed by atoms with E-state index < -0.39 is 0 Å². The van der Waals surface area contributed by atoms with E-state index >= 15 is 0 Å². The summed E-state index contributed by atoms with van der Waals surface area (Å²) in [6.07, 6.45) is 2.50. The van der Waals surface area contributed by atoms with E-state index in [0.717, 1.165) is 28.5 Å². The normalized spacial score (nSPS) is 12.1. The van der Waals surface area contributed by atoms with Gasteiger partial charge in [0.05, 0.1) is 5.52 Å². The molecule has 2 N–H and O–H groups in total. The molecule has 1 aromatic heterocycles. The van der Waals surface area contributed by atoms with Crippen LogP contribution in [0.25, 0.3) is 10.9 Å². The molecule has 2 nitrogen and oxygen atoms in total. The Morgan fingerprint density at radius 3 is 2.72 bits per heavy atom. The second kappa shape index (κ2) is 4.65. The van der Waals surface area contributed by atoms with Crippen LogP contribution < -0.4 is 5.73 Å². The lowest BCUT2D eigenvalue weighted by atomic mass is 9.85. The molecular formula is C15H19FN2. The summed E-state index contributed by atoms with van der Waals surface area (Å²) >= 11 is 0. The number of hydrogen-bond donors (Lipinski definition) is 1. The molecular weight excluding hydrogens is 227 g/mol. The average Bonchev–Trinajstić information content (AvgIpc) is 2.30. The summed E-state index contributed by atoms with van der Waals surface area (Å²) in [5.41, 5.74) is 8.57. The van der Waals surface area contributed by atoms with Crippen molar-refractivity contribution in [3.8, 4) is 0 Å². The smallest absolute Gasteiger partial charge is 0.124 e. The molecule has 3 heteroatoms. The number of hydrogen-bond acceptors (Lipinski definition) is 2. The van der Waals surface area contributed by atoms with Crippen molar-refractivity contribution in [2.24, 2.45) is 11.1 Å². The number of halogens is 1. The topological polar surface area (TPSA) is 38.9 Å². The molecule has 0 bridgehead atoms. The molecule has 0 fully saturated rings. The third-order valence-electron chi connectivity index (χ3n) is 3.33. The molecule has 0 aliphatic heterocycles. The molecule has 0 atom stereocenters. The van der Waals surface area contributed by atoms with Crippen molar-refractivity contribution in [3.63, 3.8) is 0 Å². The fourth-order valence-corrected chi connectivity index (χ4v) is 2.14. The maximum atomic E-state index is 13.7. The SMILES string of the molecule is Cc1ccnc2c(CC(C)(C)CN)cc(F)cc12. The van der Waals surface area contributed by atoms with E-state index in [1.165, 1.54) is 0 Å². The van der Waals surface area contributed by atoms with Gasteiger partial charge in [0.1, 0.15) is 5.82 Å². The number of pyridine rings is 1. The zero-order chi connectivity index (χ0) is 13.3. The average molecular weight is 246 g/mol. The van der Waals surface area contributed by atoms with Crippen LogP contribution in [0.3, 0.4) is 0 Å². The van der Waals surface area contributed by atoms with E-state index in [9.17, 15) is 4.39 Å². The third kappa shape index (κ3) is 2.51. The Morgan fingerprint density at radius 2 is 2.06 bits per heavy atom. The van der Waals surface area contributed by atoms with Crippen LogP contribution in [0.15, 0.2) is 24.4 Å². The maximum absolute atomic E-state index is 13.7. The van der Waals surface area contributed by atoms with Crippen LogP contribution in [-0.4, -0.2) is 11.5 Å². The largest absolute Gasteiger partial charge is 0.330 e. The molecule has 0 unspecified atom stereocenters. The maximum Gasteiger partial charge on any atom is 0.124 e. The highest BCUT2D eigenvalue weighted by Gasteiger charge is 2.19. The van der Waals surface area contributed by atoms with Crippen LogP contribution in [0.1, 0.15) is 25.0 Å². The van der Waals surface area contributed by atoms with Gasteiger partial charge in [-0.3, -0.25) is 4.98 Å². The standard InChI is InChI=1S/C15H19FN2/c1-10-4-5-18-14-11(8-15(2,3)9-17)6-12(16)7-13(10)14/h4-7H,8-9,17H2,1-3H3. The van der Waals surface area contributed by atoms with Crippen LogP contribution in [-0.2, 0) is 6.42 Å². The van der Waals surface area contributed by atoms with E-state index in [4.69, 9.17) is 5.73 Å². The minimum atomic E-state index is -0.207. The lowest BCUT2D eigenvalue weighted by molar-refractivity contribution is 0.377. The Bertz CT molecular complexity index is 576. The van der Waals surface area contributed by atoms with Crippen LogP contribution >= 0.6 is 0 Å². The number of rotatable bonds is 3. The van der Waals surface area contributed by atoms with Crippen LogP contribution in [0, 0.1) is 18.2 Å². The fourth-order valence-electron chi connectivity index (χ4n) is 2.14. The van der Waals surface area contributed by atoms with Crippen LogP contribution in [0.4, 0.5) is 4.39 Å². The van der Waals surface area contributed by atoms with Crippen molar-refractivity contribution in [2.75, 3.05) is 6.54 Å². The molecule has 0 aliphatic rings. The second-order valence-electron chi connectivity index (χ2n) is 5.63. The first-order valence-corrected chi connectivity index (χ1v) is 6.17. The molecule has 0 saturated carbocycles. The van der Waals surface area contributed by atoms with E-state index in [2.05, 4.69) is 18.8 Å². The summed E-state index contributed by atoms with van der Waals surface area (Å²) in [5.74, 6) is -0.207. The molecule has 2 rings (SSSR count). The van der Waals surface area contributed by atoms with Gasteiger partial charge < -0.3 is 5.73 Å². The van der Waals surface area contributed by atoms with Gasteiger partial charge in [0, 0.05) is 11.6 Å². The van der Waals surface area contributed by atoms with Crippen molar-refractivity contribution >= 4 is 10.9 Å². The highest BCUT2D eigenvalue weighted by Crippen LogP contribution is 2.27. The Hall–Kier alpha value is -1.48. The zero-order valence-electron chi connectivity index (χ0n) is 11.1. The van der Waals surface area contributed by atoms with Crippen molar-refractivity contribution in [3.05, 3.63) is 41.3 Å². The summed E-state index contributed by atoms with van der Waals surface area (Å²) in [5, 5.41) is 0.889. The summed E-state index contributed by atoms with van der Waals surface area (Å²) in [6.45, 7) is 6.71. The molecule has 96 valence electrons. The van der Waals surface area contributed by atoms with Gasteiger partial charge in [-0.05, 0) is 54.6 Å². The van der Waals surface area contributed by atoms with E-state index in [1.807, 2.05) is 13.0 Å². The predicted molar refractivity (Wildman–Crippen MR) is 73.0 cm³/mol. The lowest BCUT2D eigenvalue weighted by Crippen LogP contribution is -2.26. The van der Waals surface area contributed by atoms with Gasteiger partial charge in [0.2, 0.25) is 0 Å². The Kier molecular flexibility index (Phi) is 3.35. The van der Waals surface area contributed by atoms with Gasteiger partial charge in [-0.2, -0.15) is 0 Å². The number of benzene rings is 1. The van der Waals surface area contributed by atoms with Crippen molar-refractivity contribution in [1.29, 1.82) is 0 Å². The van der Waals surface area contributed by atoms with E-state index in [0.29, 0.717) is 6.54 Å². The second-order valence-corrected chi connectivity index (χ2v) is 5.63. The zero-order valence-corrected chi connectivity index (χ0v) is 11.1. The number of aromatic nitrogens is 1. The molecule has 18 heavy (non-hydrogen) atoms. The minimum Gasteiger partial charge on any atom is -0.330 e. The first kappa shape index (κ1) is 13.0. The molecule has 0 radical (unpaired) electrons. The van der Waals surface area contributed by atoms with Crippen molar-refractivity contribution < 1.29 is 4.39 Å². The quantitative estimate of drug-likeness (QED) is 0.903. The molecule has 1 aromatic carbocycles. The molecule has 0 aliphatic carbocycles. The molecule has 1 heterocycles. The summed E-state index contributed by atoms with van der Waals surface area (Å²) in [7, 11) is 0. The minimum absolute atomic E-state index is 0.0495. The number of nitrogens with zero attached hydrogens (tertiary/aromatic N) is 1. The molecule has 0 saturated heterocycles. The Morgan fingerprint density at radius 1 is 1.33 bits per heavy atom. The summed E-state index contributed by atoms with van der Waals surface area (Å²) in [4.78, 5) is 4.39. The highest BCUT2D eigenvalue weighted by atomic mass is 19.1. The number of nitrogens with two attached hydrogens (primary N) is 1. The summed E-state index contributed by atoms with van der Waals surface area (Å²) in [6, 6.07) is 5.03. The van der Waals surface area contributed by atoms with Crippen molar-refractivity contribution in [1.82, 2.24) is 4.98 Å². The monoisotopic (exact) mass is 246 g/mol. The third-order valence-corrected chi connectivity index (χ3v) is 3.33. The summed E-state index contributed by atoms with van der Waals surface area (Å²) < 4.78 is 13.7. The van der Waals surface area contributed by atoms with Gasteiger partial charge in [0.25, 0.3) is 0 Å². The highest BCUT2D eigenvalue weighted by molar-refractivity contribution is 5.84. The van der Waals surface area contributed by atoms with Gasteiger partial charge >= 0.3 is 0 Å². The number of fused-ring (bicyclic) bond motifs is 1. The number of aryl methyl sites for hydroxylation is 1. The Labute approximate surface area is 107 Å². The van der Waals surface area contributed by atoms with Gasteiger partial charge in [-0.15, -0.1) is 0 Å². The molecule has 0 amide bonds. The fraction of sp³-hybridized carbons (Fsp3) is 0.400.